The summed E-state index contributed by atoms with van der Waals surface area (Å²) in [5.41, 5.74) is 12.1. The van der Waals surface area contributed by atoms with E-state index in [9.17, 15) is 68.1 Å². The minimum atomic E-state index is -1.80. The lowest BCUT2D eigenvalue weighted by Crippen LogP contribution is -2.61. The number of aliphatic hydroxyl groups excluding tert-OH is 1. The molecule has 1 aliphatic heterocycles. The van der Waals surface area contributed by atoms with Gasteiger partial charge in [-0.1, -0.05) is 92.1 Å². The van der Waals surface area contributed by atoms with Crippen molar-refractivity contribution in [1.82, 2.24) is 42.1 Å². The Labute approximate surface area is 419 Å². The second-order valence-electron chi connectivity index (χ2n) is 19.3. The maximum Gasteiger partial charge on any atom is 0.326 e. The Kier molecular flexibility index (Phi) is 25.3. The number of hydrogen-bond acceptors (Lipinski definition) is 13. The normalized spacial score (nSPS) is 17.2. The van der Waals surface area contributed by atoms with Gasteiger partial charge in [-0.05, 0) is 54.9 Å². The van der Waals surface area contributed by atoms with Crippen LogP contribution in [0.4, 0.5) is 0 Å². The number of primary amides is 1. The number of rotatable bonds is 30. The van der Waals surface area contributed by atoms with Crippen molar-refractivity contribution < 1.29 is 68.1 Å². The highest BCUT2D eigenvalue weighted by molar-refractivity contribution is 5.99. The number of aliphatic carboxylic acids is 2. The quantitative estimate of drug-likeness (QED) is 0.0403. The molecule has 1 aromatic carbocycles. The van der Waals surface area contributed by atoms with Crippen molar-refractivity contribution in [2.75, 3.05) is 13.2 Å². The summed E-state index contributed by atoms with van der Waals surface area (Å²) < 4.78 is 0. The number of nitrogens with one attached hydrogen (secondary N) is 7. The number of carboxylic acids is 2. The first-order chi connectivity index (χ1) is 33.7. The second-order valence-corrected chi connectivity index (χ2v) is 19.3. The van der Waals surface area contributed by atoms with E-state index >= 15 is 0 Å². The molecule has 1 aromatic rings. The highest BCUT2D eigenvalue weighted by Crippen LogP contribution is 2.22. The first-order valence-corrected chi connectivity index (χ1v) is 24.3. The monoisotopic (exact) mass is 1020 g/mol. The van der Waals surface area contributed by atoms with Gasteiger partial charge in [-0.2, -0.15) is 0 Å². The molecule has 0 saturated carbocycles. The molecule has 0 bridgehead atoms. The molecule has 0 aromatic heterocycles. The number of nitrogens with two attached hydrogens (primary N) is 2. The van der Waals surface area contributed by atoms with E-state index in [1.54, 1.807) is 78.8 Å². The molecule has 1 heterocycles. The van der Waals surface area contributed by atoms with E-state index < -0.39 is 157 Å². The third kappa shape index (κ3) is 19.5. The minimum Gasteiger partial charge on any atom is -0.481 e. The molecule has 9 amide bonds. The van der Waals surface area contributed by atoms with Gasteiger partial charge in [0.25, 0.3) is 0 Å². The zero-order valence-electron chi connectivity index (χ0n) is 42.4. The molecule has 0 radical (unpaired) electrons. The van der Waals surface area contributed by atoms with E-state index in [1.807, 2.05) is 6.92 Å². The van der Waals surface area contributed by atoms with Crippen LogP contribution < -0.4 is 48.7 Å². The Bertz CT molecular complexity index is 2070. The Balaban J connectivity index is 2.38. The summed E-state index contributed by atoms with van der Waals surface area (Å²) in [4.78, 5) is 147. The van der Waals surface area contributed by atoms with Gasteiger partial charge in [0.15, 0.2) is 0 Å². The number of carbonyl (C=O) groups excluding carboxylic acids is 9. The third-order valence-electron chi connectivity index (χ3n) is 12.3. The highest BCUT2D eigenvalue weighted by Gasteiger charge is 2.41. The average Bonchev–Trinajstić information content (AvgIpc) is 3.81. The van der Waals surface area contributed by atoms with Crippen LogP contribution in [-0.2, 0) is 59.2 Å². The van der Waals surface area contributed by atoms with Gasteiger partial charge in [0, 0.05) is 19.4 Å². The smallest absolute Gasteiger partial charge is 0.326 e. The maximum absolute atomic E-state index is 14.4. The van der Waals surface area contributed by atoms with Crippen molar-refractivity contribution in [3.8, 4) is 0 Å². The Morgan fingerprint density at radius 3 is 1.71 bits per heavy atom. The number of amides is 9. The third-order valence-corrected chi connectivity index (χ3v) is 12.3. The molecule has 402 valence electrons. The zero-order valence-corrected chi connectivity index (χ0v) is 42.4. The lowest BCUT2D eigenvalue weighted by molar-refractivity contribution is -0.144. The summed E-state index contributed by atoms with van der Waals surface area (Å²) in [6.07, 6.45) is -0.830. The van der Waals surface area contributed by atoms with Crippen LogP contribution in [0.15, 0.2) is 30.3 Å². The van der Waals surface area contributed by atoms with Crippen LogP contribution in [0.25, 0.3) is 0 Å². The van der Waals surface area contributed by atoms with E-state index in [-0.39, 0.29) is 37.6 Å². The fraction of sp³-hybridized carbons (Fsp3) is 0.646. The molecule has 14 N–H and O–H groups in total. The van der Waals surface area contributed by atoms with Crippen LogP contribution in [0.3, 0.4) is 0 Å². The van der Waals surface area contributed by atoms with Crippen LogP contribution in [-0.4, -0.2) is 153 Å². The zero-order chi connectivity index (χ0) is 54.6. The van der Waals surface area contributed by atoms with Gasteiger partial charge in [-0.3, -0.25) is 47.9 Å². The van der Waals surface area contributed by atoms with Gasteiger partial charge in [-0.15, -0.1) is 0 Å². The van der Waals surface area contributed by atoms with Crippen LogP contribution in [0.1, 0.15) is 106 Å². The highest BCUT2D eigenvalue weighted by atomic mass is 16.4. The number of aliphatic hydroxyl groups is 1. The average molecular weight is 1020 g/mol. The van der Waals surface area contributed by atoms with Crippen LogP contribution in [0, 0.1) is 23.7 Å². The first kappa shape index (κ1) is 61.4. The molecule has 2 rings (SSSR count). The molecular formula is C48H76N10O14. The van der Waals surface area contributed by atoms with Crippen molar-refractivity contribution in [1.29, 1.82) is 0 Å². The number of carboxylic acid groups (broad SMARTS) is 2. The molecular weight excluding hydrogens is 941 g/mol. The standard InChI is InChI=1S/C48H76N10O14/c1-9-27(8)37(50)46(69)54-30(20-24(2)3)41(64)52-32(22-36(61)62)43(66)51-29(17-18-35(49)60)40(63)56-38(25(4)5)47(70)58-19-13-16-34(58)45(68)53-31(21-28-14-11-10-12-15-28)42(65)55-33(23-59)44(67)57-39(26(6)7)48(71)72/h10-12,14-15,24-27,29-34,37-39,59H,9,13,16-23,50H2,1-8H3,(H2,49,60)(H,51,66)(H,52,64)(H,53,68)(H,54,69)(H,55,65)(H,56,63)(H,57,67)(H,61,62)(H,71,72)/t27-,29-,30-,31-,32-,33-,34-,37-,38-,39-/m0/s1. The maximum atomic E-state index is 14.4. The van der Waals surface area contributed by atoms with E-state index in [0.29, 0.717) is 18.4 Å². The van der Waals surface area contributed by atoms with Crippen molar-refractivity contribution in [3.63, 3.8) is 0 Å². The number of hydrogen-bond donors (Lipinski definition) is 12. The fourth-order valence-corrected chi connectivity index (χ4v) is 7.78. The van der Waals surface area contributed by atoms with Crippen LogP contribution >= 0.6 is 0 Å². The number of nitrogens with zero attached hydrogens (tertiary/aromatic N) is 1. The van der Waals surface area contributed by atoms with Crippen molar-refractivity contribution in [2.45, 2.75) is 161 Å². The molecule has 1 saturated heterocycles. The molecule has 24 nitrogen and oxygen atoms in total. The van der Waals surface area contributed by atoms with Crippen molar-refractivity contribution in [2.24, 2.45) is 35.1 Å². The second kappa shape index (κ2) is 29.6. The molecule has 0 unspecified atom stereocenters. The molecule has 1 fully saturated rings. The van der Waals surface area contributed by atoms with Crippen molar-refractivity contribution >= 4 is 65.1 Å². The summed E-state index contributed by atoms with van der Waals surface area (Å²) in [5.74, 6) is -12.4. The predicted molar refractivity (Wildman–Crippen MR) is 260 cm³/mol. The van der Waals surface area contributed by atoms with Gasteiger partial charge < -0.3 is 68.9 Å². The van der Waals surface area contributed by atoms with E-state index in [0.717, 1.165) is 0 Å². The first-order valence-electron chi connectivity index (χ1n) is 24.3. The summed E-state index contributed by atoms with van der Waals surface area (Å²) in [6, 6.07) is -3.98. The van der Waals surface area contributed by atoms with Crippen LogP contribution in [0.5, 0.6) is 0 Å². The summed E-state index contributed by atoms with van der Waals surface area (Å²) >= 11 is 0. The molecule has 1 aliphatic rings. The number of carbonyl (C=O) groups is 11. The summed E-state index contributed by atoms with van der Waals surface area (Å²) in [5, 5.41) is 46.6. The molecule has 24 heteroatoms. The Morgan fingerprint density at radius 1 is 0.667 bits per heavy atom. The van der Waals surface area contributed by atoms with E-state index in [1.165, 1.54) is 4.90 Å². The molecule has 0 aliphatic carbocycles. The minimum absolute atomic E-state index is 0.0408. The van der Waals surface area contributed by atoms with Gasteiger partial charge >= 0.3 is 11.9 Å². The topological polar surface area (TPSA) is 388 Å². The number of likely N-dealkylation sites (tertiary alicyclic amines) is 1. The summed E-state index contributed by atoms with van der Waals surface area (Å²) in [6.45, 7) is 12.6. The van der Waals surface area contributed by atoms with Gasteiger partial charge in [0.2, 0.25) is 53.2 Å². The van der Waals surface area contributed by atoms with E-state index in [2.05, 4.69) is 37.2 Å². The van der Waals surface area contributed by atoms with Crippen molar-refractivity contribution in [3.05, 3.63) is 35.9 Å². The lowest BCUT2D eigenvalue weighted by atomic mass is 9.97. The van der Waals surface area contributed by atoms with Gasteiger partial charge in [0.1, 0.15) is 48.3 Å². The van der Waals surface area contributed by atoms with E-state index in [4.69, 9.17) is 11.5 Å². The lowest BCUT2D eigenvalue weighted by Gasteiger charge is -2.32. The largest absolute Gasteiger partial charge is 0.481 e. The fourth-order valence-electron chi connectivity index (χ4n) is 7.78. The predicted octanol–water partition coefficient (Wildman–Crippen LogP) is -1.84. The van der Waals surface area contributed by atoms with Crippen LogP contribution in [0.2, 0.25) is 0 Å². The Morgan fingerprint density at radius 2 is 1.18 bits per heavy atom. The number of benzene rings is 1. The van der Waals surface area contributed by atoms with Gasteiger partial charge in [-0.25, -0.2) is 4.79 Å². The Hall–Kier alpha value is -6.69. The molecule has 0 spiro atoms. The molecule has 10 atom stereocenters. The summed E-state index contributed by atoms with van der Waals surface area (Å²) in [7, 11) is 0. The van der Waals surface area contributed by atoms with Gasteiger partial charge in [0.05, 0.1) is 19.1 Å². The SMILES string of the molecule is CC[C@H](C)[C@H](N)C(=O)N[C@@H](CC(C)C)C(=O)N[C@@H](CC(=O)O)C(=O)N[C@@H](CCC(N)=O)C(=O)N[C@H](C(=O)N1CCC[C@H]1C(=O)N[C@@H](Cc1ccccc1)C(=O)N[C@@H](CO)C(=O)N[C@H](C(=O)O)C(C)C)C(C)C. The molecule has 72 heavy (non-hydrogen) atoms.